The molecule has 112 valence electrons. The second-order valence-electron chi connectivity index (χ2n) is 5.39. The van der Waals surface area contributed by atoms with E-state index in [-0.39, 0.29) is 0 Å². The van der Waals surface area contributed by atoms with Crippen molar-refractivity contribution in [2.45, 2.75) is 45.1 Å². The van der Waals surface area contributed by atoms with Gasteiger partial charge in [0.15, 0.2) is 0 Å². The van der Waals surface area contributed by atoms with Crippen LogP contribution in [0.4, 0.5) is 0 Å². The minimum atomic E-state index is -1.01. The van der Waals surface area contributed by atoms with Crippen LogP contribution in [0.2, 0.25) is 0 Å². The Morgan fingerprint density at radius 3 is 2.45 bits per heavy atom. The van der Waals surface area contributed by atoms with E-state index in [9.17, 15) is 4.79 Å². The molecule has 0 saturated carbocycles. The SMILES string of the molecule is CCC(C)c1ccc(OCCC(C)(N)C(=O)OC)cc1. The van der Waals surface area contributed by atoms with Crippen LogP contribution in [0.5, 0.6) is 5.75 Å². The average Bonchev–Trinajstić information content (AvgIpc) is 2.46. The summed E-state index contributed by atoms with van der Waals surface area (Å²) in [6.45, 7) is 6.40. The number of carbonyl (C=O) groups excluding carboxylic acids is 1. The van der Waals surface area contributed by atoms with Crippen LogP contribution in [0.1, 0.15) is 45.1 Å². The summed E-state index contributed by atoms with van der Waals surface area (Å²) in [5, 5.41) is 0. The summed E-state index contributed by atoms with van der Waals surface area (Å²) >= 11 is 0. The molecule has 0 aliphatic heterocycles. The van der Waals surface area contributed by atoms with Crippen molar-refractivity contribution in [3.05, 3.63) is 29.8 Å². The zero-order chi connectivity index (χ0) is 15.2. The van der Waals surface area contributed by atoms with Crippen LogP contribution in [0.15, 0.2) is 24.3 Å². The summed E-state index contributed by atoms with van der Waals surface area (Å²) < 4.78 is 10.3. The smallest absolute Gasteiger partial charge is 0.325 e. The fourth-order valence-corrected chi connectivity index (χ4v) is 1.84. The lowest BCUT2D eigenvalue weighted by molar-refractivity contribution is -0.146. The van der Waals surface area contributed by atoms with Gasteiger partial charge in [-0.05, 0) is 37.0 Å². The molecule has 2 unspecified atom stereocenters. The Morgan fingerprint density at radius 1 is 1.35 bits per heavy atom. The number of hydrogen-bond acceptors (Lipinski definition) is 4. The Hall–Kier alpha value is -1.55. The number of hydrogen-bond donors (Lipinski definition) is 1. The van der Waals surface area contributed by atoms with E-state index in [1.54, 1.807) is 6.92 Å². The van der Waals surface area contributed by atoms with Gasteiger partial charge < -0.3 is 15.2 Å². The molecule has 20 heavy (non-hydrogen) atoms. The normalized spacial score (nSPS) is 15.2. The third-order valence-corrected chi connectivity index (χ3v) is 3.60. The van der Waals surface area contributed by atoms with Crippen LogP contribution in [0.25, 0.3) is 0 Å². The van der Waals surface area contributed by atoms with Gasteiger partial charge in [-0.3, -0.25) is 4.79 Å². The van der Waals surface area contributed by atoms with Gasteiger partial charge in [0.1, 0.15) is 11.3 Å². The first-order valence-electron chi connectivity index (χ1n) is 7.00. The van der Waals surface area contributed by atoms with Gasteiger partial charge in [-0.15, -0.1) is 0 Å². The lowest BCUT2D eigenvalue weighted by Crippen LogP contribution is -2.46. The molecular formula is C16H25NO3. The Labute approximate surface area is 121 Å². The molecule has 0 saturated heterocycles. The maximum Gasteiger partial charge on any atom is 0.325 e. The summed E-state index contributed by atoms with van der Waals surface area (Å²) in [5.41, 5.74) is 6.16. The van der Waals surface area contributed by atoms with Crippen LogP contribution in [-0.2, 0) is 9.53 Å². The van der Waals surface area contributed by atoms with E-state index in [2.05, 4.69) is 30.7 Å². The van der Waals surface area contributed by atoms with Crippen LogP contribution in [0, 0.1) is 0 Å². The number of methoxy groups -OCH3 is 1. The monoisotopic (exact) mass is 279 g/mol. The molecule has 2 atom stereocenters. The molecule has 0 bridgehead atoms. The number of rotatable bonds is 7. The molecule has 0 heterocycles. The number of benzene rings is 1. The summed E-state index contributed by atoms with van der Waals surface area (Å²) in [6, 6.07) is 8.05. The maximum absolute atomic E-state index is 11.4. The van der Waals surface area contributed by atoms with Gasteiger partial charge in [-0.25, -0.2) is 0 Å². The van der Waals surface area contributed by atoms with Crippen molar-refractivity contribution in [2.75, 3.05) is 13.7 Å². The van der Waals surface area contributed by atoms with Gasteiger partial charge in [0.2, 0.25) is 0 Å². The molecule has 4 heteroatoms. The Kier molecular flexibility index (Phi) is 6.02. The second-order valence-corrected chi connectivity index (χ2v) is 5.39. The van der Waals surface area contributed by atoms with Crippen LogP contribution in [-0.4, -0.2) is 25.2 Å². The first-order chi connectivity index (χ1) is 9.40. The van der Waals surface area contributed by atoms with E-state index < -0.39 is 11.5 Å². The lowest BCUT2D eigenvalue weighted by atomic mass is 9.99. The highest BCUT2D eigenvalue weighted by Crippen LogP contribution is 2.21. The van der Waals surface area contributed by atoms with E-state index in [1.165, 1.54) is 12.7 Å². The predicted octanol–water partition coefficient (Wildman–Crippen LogP) is 2.86. The Bertz CT molecular complexity index is 426. The highest BCUT2D eigenvalue weighted by Gasteiger charge is 2.29. The fraction of sp³-hybridized carbons (Fsp3) is 0.562. The van der Waals surface area contributed by atoms with Gasteiger partial charge in [0.25, 0.3) is 0 Å². The summed E-state index contributed by atoms with van der Waals surface area (Å²) in [4.78, 5) is 11.4. The molecule has 4 nitrogen and oxygen atoms in total. The molecule has 0 aliphatic rings. The zero-order valence-electron chi connectivity index (χ0n) is 12.8. The van der Waals surface area contributed by atoms with Crippen molar-refractivity contribution < 1.29 is 14.3 Å². The number of nitrogens with two attached hydrogens (primary N) is 1. The topological polar surface area (TPSA) is 61.5 Å². The lowest BCUT2D eigenvalue weighted by Gasteiger charge is -2.21. The summed E-state index contributed by atoms with van der Waals surface area (Å²) in [6.07, 6.45) is 1.53. The van der Waals surface area contributed by atoms with E-state index in [1.807, 2.05) is 12.1 Å². The number of ether oxygens (including phenoxy) is 2. The molecule has 1 rings (SSSR count). The van der Waals surface area contributed by atoms with Crippen molar-refractivity contribution in [3.63, 3.8) is 0 Å². The predicted molar refractivity (Wildman–Crippen MR) is 79.9 cm³/mol. The maximum atomic E-state index is 11.4. The molecule has 1 aromatic rings. The Balaban J connectivity index is 2.48. The molecule has 0 spiro atoms. The highest BCUT2D eigenvalue weighted by atomic mass is 16.5. The third kappa shape index (κ3) is 4.53. The highest BCUT2D eigenvalue weighted by molar-refractivity contribution is 5.79. The molecule has 0 amide bonds. The second kappa shape index (κ2) is 7.29. The van der Waals surface area contributed by atoms with Gasteiger partial charge in [0.05, 0.1) is 13.7 Å². The number of carbonyl (C=O) groups is 1. The average molecular weight is 279 g/mol. The van der Waals surface area contributed by atoms with Gasteiger partial charge in [-0.2, -0.15) is 0 Å². The Morgan fingerprint density at radius 2 is 1.95 bits per heavy atom. The van der Waals surface area contributed by atoms with Crippen LogP contribution in [0.3, 0.4) is 0 Å². The third-order valence-electron chi connectivity index (χ3n) is 3.60. The van der Waals surface area contributed by atoms with E-state index in [0.29, 0.717) is 18.9 Å². The minimum Gasteiger partial charge on any atom is -0.494 e. The van der Waals surface area contributed by atoms with E-state index in [0.717, 1.165) is 12.2 Å². The van der Waals surface area contributed by atoms with E-state index in [4.69, 9.17) is 10.5 Å². The molecular weight excluding hydrogens is 254 g/mol. The molecule has 2 N–H and O–H groups in total. The fourth-order valence-electron chi connectivity index (χ4n) is 1.84. The van der Waals surface area contributed by atoms with Crippen LogP contribution < -0.4 is 10.5 Å². The van der Waals surface area contributed by atoms with Gasteiger partial charge in [-0.1, -0.05) is 26.0 Å². The standard InChI is InChI=1S/C16H25NO3/c1-5-12(2)13-6-8-14(9-7-13)20-11-10-16(3,17)15(18)19-4/h6-9,12H,5,10-11,17H2,1-4H3. The first-order valence-corrected chi connectivity index (χ1v) is 7.00. The largest absolute Gasteiger partial charge is 0.494 e. The minimum absolute atomic E-state index is 0.380. The van der Waals surface area contributed by atoms with Crippen molar-refractivity contribution >= 4 is 5.97 Å². The van der Waals surface area contributed by atoms with Crippen LogP contribution >= 0.6 is 0 Å². The molecule has 0 aromatic heterocycles. The molecule has 0 aliphatic carbocycles. The van der Waals surface area contributed by atoms with E-state index >= 15 is 0 Å². The first kappa shape index (κ1) is 16.5. The van der Waals surface area contributed by atoms with Gasteiger partial charge >= 0.3 is 5.97 Å². The number of esters is 1. The van der Waals surface area contributed by atoms with Crippen molar-refractivity contribution in [1.82, 2.24) is 0 Å². The summed E-state index contributed by atoms with van der Waals surface area (Å²) in [5.74, 6) is 0.918. The quantitative estimate of drug-likeness (QED) is 0.780. The van der Waals surface area contributed by atoms with Crippen molar-refractivity contribution in [1.29, 1.82) is 0 Å². The molecule has 0 radical (unpaired) electrons. The molecule has 0 fully saturated rings. The summed E-state index contributed by atoms with van der Waals surface area (Å²) in [7, 11) is 1.34. The van der Waals surface area contributed by atoms with Gasteiger partial charge in [0, 0.05) is 6.42 Å². The van der Waals surface area contributed by atoms with Crippen molar-refractivity contribution in [3.8, 4) is 5.75 Å². The zero-order valence-corrected chi connectivity index (χ0v) is 12.8. The van der Waals surface area contributed by atoms with Crippen molar-refractivity contribution in [2.24, 2.45) is 5.73 Å². The molecule has 1 aromatic carbocycles.